The third-order valence-corrected chi connectivity index (χ3v) is 3.48. The Labute approximate surface area is 115 Å². The van der Waals surface area contributed by atoms with E-state index in [1.807, 2.05) is 19.1 Å². The molecule has 0 fully saturated rings. The second-order valence-corrected chi connectivity index (χ2v) is 5.07. The van der Waals surface area contributed by atoms with E-state index in [2.05, 4.69) is 60.8 Å². The van der Waals surface area contributed by atoms with Crippen LogP contribution in [0, 0.1) is 0 Å². The Hall–Kier alpha value is -1.64. The zero-order chi connectivity index (χ0) is 13.7. The molecule has 0 bridgehead atoms. The Morgan fingerprint density at radius 1 is 0.789 bits per heavy atom. The minimum absolute atomic E-state index is 0.120. The Kier molecular flexibility index (Phi) is 4.72. The summed E-state index contributed by atoms with van der Waals surface area (Å²) in [5, 5.41) is 3.62. The maximum absolute atomic E-state index is 5.98. The van der Waals surface area contributed by atoms with Crippen LogP contribution in [0.3, 0.4) is 0 Å². The van der Waals surface area contributed by atoms with Crippen molar-refractivity contribution in [3.63, 3.8) is 0 Å². The second-order valence-electron chi connectivity index (χ2n) is 5.07. The maximum Gasteiger partial charge on any atom is 0.0579 e. The van der Waals surface area contributed by atoms with Crippen molar-refractivity contribution < 1.29 is 0 Å². The highest BCUT2D eigenvalue weighted by molar-refractivity contribution is 5.31. The average molecular weight is 254 g/mol. The van der Waals surface area contributed by atoms with Gasteiger partial charge in [-0.25, -0.2) is 0 Å². The van der Waals surface area contributed by atoms with Crippen molar-refractivity contribution in [2.45, 2.75) is 32.0 Å². The van der Waals surface area contributed by atoms with Gasteiger partial charge in [0.25, 0.3) is 0 Å². The largest absolute Gasteiger partial charge is 0.327 e. The van der Waals surface area contributed by atoms with Crippen molar-refractivity contribution in [3.8, 4) is 0 Å². The topological polar surface area (TPSA) is 38.0 Å². The van der Waals surface area contributed by atoms with E-state index in [9.17, 15) is 0 Å². The normalized spacial score (nSPS) is 14.3. The lowest BCUT2D eigenvalue weighted by molar-refractivity contribution is 0.444. The summed E-state index contributed by atoms with van der Waals surface area (Å²) in [4.78, 5) is 0. The Balaban J connectivity index is 2.29. The third kappa shape index (κ3) is 3.66. The molecule has 0 spiro atoms. The van der Waals surface area contributed by atoms with Crippen molar-refractivity contribution in [2.24, 2.45) is 5.73 Å². The molecule has 3 N–H and O–H groups in total. The van der Waals surface area contributed by atoms with Crippen molar-refractivity contribution in [1.82, 2.24) is 5.32 Å². The van der Waals surface area contributed by atoms with Crippen molar-refractivity contribution in [2.75, 3.05) is 0 Å². The summed E-state index contributed by atoms with van der Waals surface area (Å²) in [6.45, 7) is 4.16. The van der Waals surface area contributed by atoms with E-state index in [1.54, 1.807) is 0 Å². The van der Waals surface area contributed by atoms with E-state index in [0.717, 1.165) is 0 Å². The fourth-order valence-electron chi connectivity index (χ4n) is 2.09. The van der Waals surface area contributed by atoms with Crippen molar-refractivity contribution in [1.29, 1.82) is 0 Å². The molecule has 0 aliphatic heterocycles. The highest BCUT2D eigenvalue weighted by Crippen LogP contribution is 2.22. The lowest BCUT2D eigenvalue weighted by Crippen LogP contribution is -2.43. The molecule has 2 nitrogen and oxygen atoms in total. The van der Waals surface area contributed by atoms with Gasteiger partial charge in [-0.15, -0.1) is 0 Å². The van der Waals surface area contributed by atoms with Crippen LogP contribution in [0.25, 0.3) is 0 Å². The quantitative estimate of drug-likeness (QED) is 0.860. The number of hydrogen-bond donors (Lipinski definition) is 2. The van der Waals surface area contributed by atoms with Crippen LogP contribution in [0.15, 0.2) is 60.7 Å². The standard InChI is InChI=1S/C17H22N2/c1-13(18)14(2)19-17(15-9-5-3-6-10-15)16-11-7-4-8-12-16/h3-14,17,19H,18H2,1-2H3. The summed E-state index contributed by atoms with van der Waals surface area (Å²) in [5.41, 5.74) is 8.51. The summed E-state index contributed by atoms with van der Waals surface area (Å²) >= 11 is 0. The first-order valence-corrected chi connectivity index (χ1v) is 6.80. The number of nitrogens with two attached hydrogens (primary N) is 1. The van der Waals surface area contributed by atoms with E-state index in [4.69, 9.17) is 5.73 Å². The summed E-state index contributed by atoms with van der Waals surface area (Å²) in [7, 11) is 0. The number of nitrogens with one attached hydrogen (secondary N) is 1. The Morgan fingerprint density at radius 2 is 1.21 bits per heavy atom. The molecule has 2 heteroatoms. The molecule has 2 atom stereocenters. The lowest BCUT2D eigenvalue weighted by Gasteiger charge is -2.26. The minimum atomic E-state index is 0.120. The summed E-state index contributed by atoms with van der Waals surface area (Å²) in [6, 6.07) is 21.5. The van der Waals surface area contributed by atoms with Gasteiger partial charge >= 0.3 is 0 Å². The molecule has 2 unspecified atom stereocenters. The highest BCUT2D eigenvalue weighted by Gasteiger charge is 2.17. The smallest absolute Gasteiger partial charge is 0.0579 e. The zero-order valence-corrected chi connectivity index (χ0v) is 11.6. The molecule has 0 aliphatic carbocycles. The van der Waals surface area contributed by atoms with E-state index in [-0.39, 0.29) is 18.1 Å². The molecule has 0 amide bonds. The third-order valence-electron chi connectivity index (χ3n) is 3.48. The molecular formula is C17H22N2. The molecule has 0 heterocycles. The Morgan fingerprint density at radius 3 is 1.58 bits per heavy atom. The van der Waals surface area contributed by atoms with Gasteiger partial charge in [-0.2, -0.15) is 0 Å². The van der Waals surface area contributed by atoms with Gasteiger partial charge in [0.1, 0.15) is 0 Å². The van der Waals surface area contributed by atoms with E-state index >= 15 is 0 Å². The fourth-order valence-corrected chi connectivity index (χ4v) is 2.09. The maximum atomic E-state index is 5.98. The predicted octanol–water partition coefficient (Wildman–Crippen LogP) is 3.10. The average Bonchev–Trinajstić information content (AvgIpc) is 2.46. The van der Waals surface area contributed by atoms with Crippen molar-refractivity contribution >= 4 is 0 Å². The highest BCUT2D eigenvalue weighted by atomic mass is 15.0. The summed E-state index contributed by atoms with van der Waals surface area (Å²) < 4.78 is 0. The SMILES string of the molecule is CC(N)C(C)NC(c1ccccc1)c1ccccc1. The van der Waals surface area contributed by atoms with Crippen molar-refractivity contribution in [3.05, 3.63) is 71.8 Å². The van der Waals surface area contributed by atoms with Crippen LogP contribution in [-0.2, 0) is 0 Å². The predicted molar refractivity (Wildman–Crippen MR) is 81.0 cm³/mol. The van der Waals surface area contributed by atoms with Gasteiger partial charge in [-0.3, -0.25) is 0 Å². The number of hydrogen-bond acceptors (Lipinski definition) is 2. The molecule has 2 aromatic rings. The van der Waals surface area contributed by atoms with Crippen LogP contribution >= 0.6 is 0 Å². The first-order chi connectivity index (χ1) is 9.18. The molecule has 2 aromatic carbocycles. The van der Waals surface area contributed by atoms with Crippen LogP contribution < -0.4 is 11.1 Å². The number of rotatable bonds is 5. The fraction of sp³-hybridized carbons (Fsp3) is 0.294. The first kappa shape index (κ1) is 13.8. The minimum Gasteiger partial charge on any atom is -0.327 e. The Bertz CT molecular complexity index is 440. The summed E-state index contributed by atoms with van der Waals surface area (Å²) in [5.74, 6) is 0. The van der Waals surface area contributed by atoms with Crippen LogP contribution in [0.1, 0.15) is 31.0 Å². The molecule has 0 aromatic heterocycles. The van der Waals surface area contributed by atoms with Crippen LogP contribution in [0.2, 0.25) is 0 Å². The van der Waals surface area contributed by atoms with Gasteiger partial charge in [0, 0.05) is 12.1 Å². The molecule has 100 valence electrons. The van der Waals surface area contributed by atoms with Gasteiger partial charge in [0.05, 0.1) is 6.04 Å². The van der Waals surface area contributed by atoms with Gasteiger partial charge in [-0.1, -0.05) is 60.7 Å². The molecule has 0 saturated heterocycles. The van der Waals surface area contributed by atoms with Gasteiger partial charge in [-0.05, 0) is 25.0 Å². The first-order valence-electron chi connectivity index (χ1n) is 6.80. The van der Waals surface area contributed by atoms with Crippen LogP contribution in [0.5, 0.6) is 0 Å². The van der Waals surface area contributed by atoms with Gasteiger partial charge in [0.15, 0.2) is 0 Å². The van der Waals surface area contributed by atoms with E-state index in [0.29, 0.717) is 0 Å². The van der Waals surface area contributed by atoms with E-state index in [1.165, 1.54) is 11.1 Å². The van der Waals surface area contributed by atoms with Gasteiger partial charge < -0.3 is 11.1 Å². The van der Waals surface area contributed by atoms with Gasteiger partial charge in [0.2, 0.25) is 0 Å². The van der Waals surface area contributed by atoms with Crippen LogP contribution in [0.4, 0.5) is 0 Å². The molecule has 0 aliphatic rings. The van der Waals surface area contributed by atoms with E-state index < -0.39 is 0 Å². The molecule has 19 heavy (non-hydrogen) atoms. The molecular weight excluding hydrogens is 232 g/mol. The number of benzene rings is 2. The summed E-state index contributed by atoms with van der Waals surface area (Å²) in [6.07, 6.45) is 0. The monoisotopic (exact) mass is 254 g/mol. The molecule has 0 saturated carbocycles. The van der Waals surface area contributed by atoms with Crippen LogP contribution in [-0.4, -0.2) is 12.1 Å². The second kappa shape index (κ2) is 6.50. The lowest BCUT2D eigenvalue weighted by atomic mass is 9.97. The zero-order valence-electron chi connectivity index (χ0n) is 11.6. The molecule has 0 radical (unpaired) electrons. The molecule has 2 rings (SSSR count).